The zero-order chi connectivity index (χ0) is 15.4. The van der Waals surface area contributed by atoms with Crippen LogP contribution in [0.3, 0.4) is 0 Å². The van der Waals surface area contributed by atoms with Gasteiger partial charge in [-0.15, -0.1) is 0 Å². The summed E-state index contributed by atoms with van der Waals surface area (Å²) < 4.78 is 1.07. The lowest BCUT2D eigenvalue weighted by molar-refractivity contribution is -0.389. The van der Waals surface area contributed by atoms with E-state index in [2.05, 4.69) is 15.4 Å². The van der Waals surface area contributed by atoms with E-state index in [1.165, 1.54) is 24.5 Å². The van der Waals surface area contributed by atoms with Crippen molar-refractivity contribution in [2.75, 3.05) is 5.32 Å². The quantitative estimate of drug-likeness (QED) is 0.604. The highest BCUT2D eigenvalue weighted by Crippen LogP contribution is 2.12. The summed E-state index contributed by atoms with van der Waals surface area (Å²) in [5.74, 6) is -2.24. The summed E-state index contributed by atoms with van der Waals surface area (Å²) in [6.07, 6.45) is 2.56. The summed E-state index contributed by atoms with van der Waals surface area (Å²) in [5, 5.41) is 25.3. The Morgan fingerprint density at radius 2 is 2.19 bits per heavy atom. The number of carbonyl (C=O) groups excluding carboxylic acids is 1. The molecule has 0 radical (unpaired) electrons. The Morgan fingerprint density at radius 1 is 1.43 bits per heavy atom. The number of aromatic carboxylic acids is 1. The number of nitro groups is 1. The van der Waals surface area contributed by atoms with Crippen molar-refractivity contribution in [3.63, 3.8) is 0 Å². The third-order valence-corrected chi connectivity index (χ3v) is 2.40. The molecule has 10 heteroatoms. The van der Waals surface area contributed by atoms with Gasteiger partial charge in [0, 0.05) is 6.20 Å². The van der Waals surface area contributed by atoms with E-state index in [9.17, 15) is 19.7 Å². The second-order valence-electron chi connectivity index (χ2n) is 3.88. The maximum absolute atomic E-state index is 11.8. The van der Waals surface area contributed by atoms with Gasteiger partial charge in [0.25, 0.3) is 0 Å². The number of hydrogen-bond acceptors (Lipinski definition) is 6. The summed E-state index contributed by atoms with van der Waals surface area (Å²) in [6, 6.07) is 4.01. The highest BCUT2D eigenvalue weighted by molar-refractivity contribution is 5.98. The van der Waals surface area contributed by atoms with Crippen molar-refractivity contribution in [1.29, 1.82) is 0 Å². The van der Waals surface area contributed by atoms with Crippen molar-refractivity contribution in [3.05, 3.63) is 46.4 Å². The first-order valence-corrected chi connectivity index (χ1v) is 5.63. The maximum Gasteiger partial charge on any atom is 0.389 e. The number of rotatable bonds is 5. The predicted octanol–water partition coefficient (Wildman–Crippen LogP) is 0.523. The average Bonchev–Trinajstić information content (AvgIpc) is 2.87. The summed E-state index contributed by atoms with van der Waals surface area (Å²) in [4.78, 5) is 36.1. The SMILES string of the molecule is O=C(Cn1ccc([N+](=O)[O-])n1)Nc1cccnc1C(=O)O. The minimum atomic E-state index is -1.28. The monoisotopic (exact) mass is 291 g/mol. The number of nitrogens with one attached hydrogen (secondary N) is 1. The molecule has 0 atom stereocenters. The second kappa shape index (κ2) is 5.77. The first-order chi connectivity index (χ1) is 9.97. The number of carboxylic acid groups (broad SMARTS) is 1. The van der Waals surface area contributed by atoms with Gasteiger partial charge in [0.15, 0.2) is 5.69 Å². The van der Waals surface area contributed by atoms with Gasteiger partial charge in [0.05, 0.1) is 23.0 Å². The van der Waals surface area contributed by atoms with E-state index in [1.807, 2.05) is 0 Å². The molecule has 0 spiro atoms. The van der Waals surface area contributed by atoms with Gasteiger partial charge in [-0.3, -0.25) is 4.79 Å². The van der Waals surface area contributed by atoms with E-state index >= 15 is 0 Å². The van der Waals surface area contributed by atoms with Crippen LogP contribution in [-0.2, 0) is 11.3 Å². The highest BCUT2D eigenvalue weighted by Gasteiger charge is 2.16. The molecule has 0 aliphatic rings. The van der Waals surface area contributed by atoms with Crippen LogP contribution < -0.4 is 5.32 Å². The van der Waals surface area contributed by atoms with Crippen molar-refractivity contribution in [1.82, 2.24) is 14.8 Å². The van der Waals surface area contributed by atoms with Gasteiger partial charge in [0.2, 0.25) is 5.91 Å². The standard InChI is InChI=1S/C11H9N5O5/c17-9(6-15-5-3-8(14-15)16(20)21)13-7-2-1-4-12-10(7)11(18)19/h1-5H,6H2,(H,13,17)(H,18,19). The van der Waals surface area contributed by atoms with Crippen LogP contribution in [0.1, 0.15) is 10.5 Å². The number of aromatic nitrogens is 3. The Bertz CT molecular complexity index is 711. The lowest BCUT2D eigenvalue weighted by atomic mass is 10.3. The molecule has 0 aromatic carbocycles. The van der Waals surface area contributed by atoms with Crippen molar-refractivity contribution in [3.8, 4) is 0 Å². The van der Waals surface area contributed by atoms with Crippen molar-refractivity contribution < 1.29 is 19.6 Å². The summed E-state index contributed by atoms with van der Waals surface area (Å²) in [7, 11) is 0. The van der Waals surface area contributed by atoms with Crippen LogP contribution in [0.2, 0.25) is 0 Å². The van der Waals surface area contributed by atoms with E-state index in [0.29, 0.717) is 0 Å². The van der Waals surface area contributed by atoms with Gasteiger partial charge in [0.1, 0.15) is 6.54 Å². The fourth-order valence-corrected chi connectivity index (χ4v) is 1.55. The maximum atomic E-state index is 11.8. The van der Waals surface area contributed by atoms with Gasteiger partial charge in [-0.25, -0.2) is 9.78 Å². The molecule has 2 N–H and O–H groups in total. The minimum absolute atomic E-state index is 0.0386. The molecule has 2 aromatic rings. The van der Waals surface area contributed by atoms with Crippen LogP contribution in [0, 0.1) is 10.1 Å². The van der Waals surface area contributed by atoms with Crippen molar-refractivity contribution in [2.45, 2.75) is 6.54 Å². The lowest BCUT2D eigenvalue weighted by Crippen LogP contribution is -2.21. The zero-order valence-corrected chi connectivity index (χ0v) is 10.5. The van der Waals surface area contributed by atoms with E-state index in [0.717, 1.165) is 10.7 Å². The van der Waals surface area contributed by atoms with E-state index < -0.39 is 16.8 Å². The number of hydrogen-bond donors (Lipinski definition) is 2. The molecular formula is C11H9N5O5. The number of carbonyl (C=O) groups is 2. The molecule has 1 amide bonds. The fraction of sp³-hybridized carbons (Fsp3) is 0.0909. The summed E-state index contributed by atoms with van der Waals surface area (Å²) in [5.41, 5.74) is -0.256. The topological polar surface area (TPSA) is 140 Å². The smallest absolute Gasteiger partial charge is 0.389 e. The predicted molar refractivity (Wildman–Crippen MR) is 68.7 cm³/mol. The average molecular weight is 291 g/mol. The highest BCUT2D eigenvalue weighted by atomic mass is 16.6. The molecule has 0 saturated heterocycles. The number of pyridine rings is 1. The first-order valence-electron chi connectivity index (χ1n) is 5.63. The molecule has 2 heterocycles. The summed E-state index contributed by atoms with van der Waals surface area (Å²) >= 11 is 0. The van der Waals surface area contributed by atoms with E-state index in [1.54, 1.807) is 0 Å². The number of carboxylic acids is 1. The molecular weight excluding hydrogens is 282 g/mol. The Labute approximate surface area is 117 Å². The third-order valence-electron chi connectivity index (χ3n) is 2.40. The molecule has 0 aliphatic heterocycles. The molecule has 0 fully saturated rings. The first kappa shape index (κ1) is 14.1. The Morgan fingerprint density at radius 3 is 2.81 bits per heavy atom. The minimum Gasteiger partial charge on any atom is -0.476 e. The van der Waals surface area contributed by atoms with Crippen molar-refractivity contribution >= 4 is 23.4 Å². The molecule has 0 aliphatic carbocycles. The lowest BCUT2D eigenvalue weighted by Gasteiger charge is -2.06. The molecule has 10 nitrogen and oxygen atoms in total. The molecule has 0 unspecified atom stereocenters. The van der Waals surface area contributed by atoms with Crippen LogP contribution in [0.4, 0.5) is 11.5 Å². The van der Waals surface area contributed by atoms with Gasteiger partial charge in [-0.2, -0.15) is 4.68 Å². The van der Waals surface area contributed by atoms with Gasteiger partial charge in [-0.1, -0.05) is 0 Å². The number of anilines is 1. The van der Waals surface area contributed by atoms with Crippen molar-refractivity contribution in [2.24, 2.45) is 0 Å². The van der Waals surface area contributed by atoms with E-state index in [4.69, 9.17) is 5.11 Å². The third kappa shape index (κ3) is 3.37. The van der Waals surface area contributed by atoms with Crippen LogP contribution in [0.15, 0.2) is 30.6 Å². The molecule has 2 rings (SSSR count). The van der Waals surface area contributed by atoms with Gasteiger partial charge >= 0.3 is 11.8 Å². The van der Waals surface area contributed by atoms with E-state index in [-0.39, 0.29) is 23.7 Å². The van der Waals surface area contributed by atoms with Gasteiger partial charge in [-0.05, 0) is 17.1 Å². The Balaban J connectivity index is 2.08. The normalized spacial score (nSPS) is 10.1. The number of nitrogens with zero attached hydrogens (tertiary/aromatic N) is 4. The van der Waals surface area contributed by atoms with Gasteiger partial charge < -0.3 is 20.5 Å². The zero-order valence-electron chi connectivity index (χ0n) is 10.5. The molecule has 108 valence electrons. The van der Waals surface area contributed by atoms with Crippen LogP contribution in [-0.4, -0.2) is 36.7 Å². The van der Waals surface area contributed by atoms with Crippen LogP contribution >= 0.6 is 0 Å². The molecule has 0 bridgehead atoms. The van der Waals surface area contributed by atoms with Crippen LogP contribution in [0.5, 0.6) is 0 Å². The summed E-state index contributed by atoms with van der Waals surface area (Å²) in [6.45, 7) is -0.290. The Hall–Kier alpha value is -3.30. The fourth-order valence-electron chi connectivity index (χ4n) is 1.55. The second-order valence-corrected chi connectivity index (χ2v) is 3.88. The number of amides is 1. The molecule has 21 heavy (non-hydrogen) atoms. The Kier molecular flexibility index (Phi) is 3.88. The molecule has 2 aromatic heterocycles. The largest absolute Gasteiger partial charge is 0.476 e. The van der Waals surface area contributed by atoms with Crippen LogP contribution in [0.25, 0.3) is 0 Å². The molecule has 0 saturated carbocycles.